The monoisotopic (exact) mass is 527 g/mol. The Morgan fingerprint density at radius 1 is 1.05 bits per heavy atom. The zero-order chi connectivity index (χ0) is 25.2. The predicted molar refractivity (Wildman–Crippen MR) is 135 cm³/mol. The van der Waals surface area contributed by atoms with Gasteiger partial charge in [-0.3, -0.25) is 4.79 Å². The molecule has 8 heteroatoms. The van der Waals surface area contributed by atoms with Gasteiger partial charge < -0.3 is 24.7 Å². The molecular formula is C29H27ClNNaO5. The summed E-state index contributed by atoms with van der Waals surface area (Å²) in [5, 5.41) is 14.9. The van der Waals surface area contributed by atoms with Gasteiger partial charge in [0.15, 0.2) is 0 Å². The molecule has 6 nitrogen and oxygen atoms in total. The van der Waals surface area contributed by atoms with Gasteiger partial charge in [0.1, 0.15) is 17.2 Å². The molecule has 0 bridgehead atoms. The number of carboxylic acids is 1. The Morgan fingerprint density at radius 2 is 1.84 bits per heavy atom. The first-order chi connectivity index (χ1) is 17.4. The Balaban J connectivity index is 0.00000320. The van der Waals surface area contributed by atoms with E-state index in [1.54, 1.807) is 36.4 Å². The van der Waals surface area contributed by atoms with Gasteiger partial charge in [-0.05, 0) is 74.4 Å². The van der Waals surface area contributed by atoms with Crippen molar-refractivity contribution in [2.75, 3.05) is 6.61 Å². The molecule has 1 amide bonds. The molecule has 0 radical (unpaired) electrons. The van der Waals surface area contributed by atoms with Crippen LogP contribution >= 0.6 is 11.6 Å². The largest absolute Gasteiger partial charge is 1.00 e. The van der Waals surface area contributed by atoms with Crippen molar-refractivity contribution in [1.82, 2.24) is 5.32 Å². The van der Waals surface area contributed by atoms with Gasteiger partial charge in [0.25, 0.3) is 5.91 Å². The van der Waals surface area contributed by atoms with Crippen molar-refractivity contribution in [1.29, 1.82) is 0 Å². The molecule has 0 saturated heterocycles. The minimum absolute atomic E-state index is 0. The molecule has 1 aliphatic heterocycles. The van der Waals surface area contributed by atoms with Crippen LogP contribution in [0.1, 0.15) is 64.6 Å². The van der Waals surface area contributed by atoms with Crippen LogP contribution in [0.25, 0.3) is 0 Å². The summed E-state index contributed by atoms with van der Waals surface area (Å²) in [6.45, 7) is 2.38. The van der Waals surface area contributed by atoms with Gasteiger partial charge in [0.2, 0.25) is 0 Å². The molecule has 1 N–H and O–H groups in total. The first-order valence-corrected chi connectivity index (χ1v) is 12.6. The Kier molecular flexibility index (Phi) is 8.86. The van der Waals surface area contributed by atoms with Crippen molar-refractivity contribution in [3.63, 3.8) is 0 Å². The number of hydrogen-bond donors (Lipinski definition) is 1. The average Bonchev–Trinajstić information content (AvgIpc) is 3.33. The standard InChI is InChI=1S/C29H28ClNO5.Na/c1-17-3-2-4-19(13-17)20-5-8-21(14-20)31-28(32)18-6-9-22(10-7-18)36-27-16-26-24(15-25(27)30)23(29(33)34)11-12-35-26;/h2-4,6-7,9-10,13,15-16,20-21,23H,5,8,11-12,14H2,1H3,(H,31,32)(H,33,34);/q;+1/p-1. The smallest absolute Gasteiger partial charge is 0.549 e. The number of ether oxygens (including phenoxy) is 2. The number of aryl methyl sites for hydroxylation is 1. The molecule has 3 aromatic carbocycles. The van der Waals surface area contributed by atoms with E-state index in [-0.39, 0.29) is 53.1 Å². The Bertz CT molecular complexity index is 1300. The molecule has 37 heavy (non-hydrogen) atoms. The van der Waals surface area contributed by atoms with Crippen LogP contribution in [0.15, 0.2) is 60.7 Å². The fourth-order valence-electron chi connectivity index (χ4n) is 5.12. The molecule has 1 fully saturated rings. The molecule has 1 aliphatic carbocycles. The van der Waals surface area contributed by atoms with Gasteiger partial charge in [0, 0.05) is 35.1 Å². The van der Waals surface area contributed by atoms with E-state index >= 15 is 0 Å². The molecule has 5 rings (SSSR count). The molecule has 3 aromatic rings. The summed E-state index contributed by atoms with van der Waals surface area (Å²) < 4.78 is 11.5. The summed E-state index contributed by atoms with van der Waals surface area (Å²) in [4.78, 5) is 24.2. The fraction of sp³-hybridized carbons (Fsp3) is 0.310. The predicted octanol–water partition coefficient (Wildman–Crippen LogP) is 2.13. The van der Waals surface area contributed by atoms with Crippen LogP contribution in [0.4, 0.5) is 0 Å². The van der Waals surface area contributed by atoms with E-state index in [0.717, 1.165) is 19.3 Å². The van der Waals surface area contributed by atoms with Gasteiger partial charge in [-0.2, -0.15) is 0 Å². The number of amides is 1. The van der Waals surface area contributed by atoms with E-state index < -0.39 is 11.9 Å². The zero-order valence-electron chi connectivity index (χ0n) is 21.0. The fourth-order valence-corrected chi connectivity index (χ4v) is 5.33. The van der Waals surface area contributed by atoms with Crippen molar-refractivity contribution in [3.05, 3.63) is 87.9 Å². The maximum Gasteiger partial charge on any atom is 1.00 e. The minimum atomic E-state index is -1.15. The van der Waals surface area contributed by atoms with E-state index in [0.29, 0.717) is 40.7 Å². The Labute approximate surface area is 243 Å². The summed E-state index contributed by atoms with van der Waals surface area (Å²) in [5.41, 5.74) is 3.64. The van der Waals surface area contributed by atoms with Gasteiger partial charge in [-0.25, -0.2) is 0 Å². The second-order valence-electron chi connectivity index (χ2n) is 9.55. The first-order valence-electron chi connectivity index (χ1n) is 12.2. The molecule has 1 saturated carbocycles. The van der Waals surface area contributed by atoms with Crippen molar-refractivity contribution in [2.45, 2.75) is 50.5 Å². The third-order valence-electron chi connectivity index (χ3n) is 7.01. The van der Waals surface area contributed by atoms with Crippen LogP contribution in [0.3, 0.4) is 0 Å². The van der Waals surface area contributed by atoms with Crippen molar-refractivity contribution in [2.24, 2.45) is 0 Å². The summed E-state index contributed by atoms with van der Waals surface area (Å²) in [6.07, 6.45) is 3.30. The van der Waals surface area contributed by atoms with E-state index in [1.165, 1.54) is 11.1 Å². The number of benzene rings is 3. The molecule has 3 atom stereocenters. The first kappa shape index (κ1) is 27.5. The quantitative estimate of drug-likeness (QED) is 0.496. The van der Waals surface area contributed by atoms with Gasteiger partial charge in [-0.1, -0.05) is 41.4 Å². The number of carboxylic acid groups (broad SMARTS) is 1. The number of fused-ring (bicyclic) bond motifs is 1. The second-order valence-corrected chi connectivity index (χ2v) is 9.96. The van der Waals surface area contributed by atoms with Crippen LogP contribution in [0.2, 0.25) is 5.02 Å². The minimum Gasteiger partial charge on any atom is -0.549 e. The topological polar surface area (TPSA) is 87.7 Å². The van der Waals surface area contributed by atoms with E-state index in [2.05, 4.69) is 36.5 Å². The van der Waals surface area contributed by atoms with Crippen LogP contribution in [-0.2, 0) is 4.79 Å². The van der Waals surface area contributed by atoms with Crippen LogP contribution in [0, 0.1) is 6.92 Å². The van der Waals surface area contributed by atoms with E-state index in [4.69, 9.17) is 21.1 Å². The number of rotatable bonds is 6. The maximum absolute atomic E-state index is 12.8. The summed E-state index contributed by atoms with van der Waals surface area (Å²) >= 11 is 6.36. The Morgan fingerprint density at radius 3 is 2.57 bits per heavy atom. The summed E-state index contributed by atoms with van der Waals surface area (Å²) in [7, 11) is 0. The number of carbonyl (C=O) groups is 2. The molecular weight excluding hydrogens is 501 g/mol. The van der Waals surface area contributed by atoms with E-state index in [9.17, 15) is 14.7 Å². The van der Waals surface area contributed by atoms with Crippen molar-refractivity contribution in [3.8, 4) is 17.2 Å². The molecule has 186 valence electrons. The van der Waals surface area contributed by atoms with Crippen molar-refractivity contribution >= 4 is 23.5 Å². The van der Waals surface area contributed by atoms with Gasteiger partial charge in [-0.15, -0.1) is 0 Å². The normalized spacial score (nSPS) is 20.2. The Hall–Kier alpha value is -2.51. The SMILES string of the molecule is Cc1cccc(C2CCC(NC(=O)c3ccc(Oc4cc5c(cc4Cl)C(C(=O)[O-])CCO5)cc3)C2)c1.[Na+]. The zero-order valence-corrected chi connectivity index (χ0v) is 23.7. The molecule has 2 aliphatic rings. The maximum atomic E-state index is 12.8. The summed E-state index contributed by atoms with van der Waals surface area (Å²) in [6, 6.07) is 18.7. The number of hydrogen-bond acceptors (Lipinski definition) is 5. The van der Waals surface area contributed by atoms with E-state index in [1.807, 2.05) is 0 Å². The third kappa shape index (κ3) is 6.32. The number of halogens is 1. The third-order valence-corrected chi connectivity index (χ3v) is 7.31. The number of carbonyl (C=O) groups excluding carboxylic acids is 2. The van der Waals surface area contributed by atoms with Crippen LogP contribution in [-0.4, -0.2) is 24.5 Å². The number of nitrogens with one attached hydrogen (secondary N) is 1. The molecule has 3 unspecified atom stereocenters. The van der Waals surface area contributed by atoms with Gasteiger partial charge in [0.05, 0.1) is 11.6 Å². The molecule has 0 spiro atoms. The summed E-state index contributed by atoms with van der Waals surface area (Å²) in [5.74, 6) is -0.276. The molecule has 1 heterocycles. The van der Waals surface area contributed by atoms with Gasteiger partial charge >= 0.3 is 29.6 Å². The van der Waals surface area contributed by atoms with Crippen LogP contribution < -0.4 is 49.5 Å². The average molecular weight is 528 g/mol. The molecule has 0 aromatic heterocycles. The number of aliphatic carboxylic acids is 1. The van der Waals surface area contributed by atoms with Crippen molar-refractivity contribution < 1.29 is 53.7 Å². The van der Waals surface area contributed by atoms with Crippen LogP contribution in [0.5, 0.6) is 17.2 Å². The second kappa shape index (κ2) is 11.9.